The summed E-state index contributed by atoms with van der Waals surface area (Å²) in [5.74, 6) is -0.747. The highest BCUT2D eigenvalue weighted by atomic mass is 16.2. The SMILES string of the molecule is CC1CCCC(C)N1C(=O)C(=O)NCCCN1CCCC1=O. The van der Waals surface area contributed by atoms with E-state index in [0.717, 1.165) is 32.2 Å². The van der Waals surface area contributed by atoms with E-state index >= 15 is 0 Å². The van der Waals surface area contributed by atoms with E-state index in [-0.39, 0.29) is 18.0 Å². The molecule has 0 radical (unpaired) electrons. The van der Waals surface area contributed by atoms with Crippen LogP contribution in [0.1, 0.15) is 52.4 Å². The second-order valence-electron chi connectivity index (χ2n) is 6.44. The monoisotopic (exact) mass is 309 g/mol. The summed E-state index contributed by atoms with van der Waals surface area (Å²) in [6, 6.07) is 0.258. The number of piperidine rings is 1. The van der Waals surface area contributed by atoms with E-state index in [2.05, 4.69) is 5.32 Å². The largest absolute Gasteiger partial charge is 0.348 e. The van der Waals surface area contributed by atoms with Crippen molar-refractivity contribution in [1.82, 2.24) is 15.1 Å². The van der Waals surface area contributed by atoms with Crippen LogP contribution in [-0.2, 0) is 14.4 Å². The van der Waals surface area contributed by atoms with Crippen LogP contribution >= 0.6 is 0 Å². The Kier molecular flexibility index (Phi) is 5.80. The highest BCUT2D eigenvalue weighted by Crippen LogP contribution is 2.22. The molecule has 2 unspecified atom stereocenters. The van der Waals surface area contributed by atoms with Crippen LogP contribution in [-0.4, -0.2) is 59.2 Å². The first-order valence-corrected chi connectivity index (χ1v) is 8.39. The van der Waals surface area contributed by atoms with Gasteiger partial charge >= 0.3 is 11.8 Å². The highest BCUT2D eigenvalue weighted by Gasteiger charge is 2.32. The van der Waals surface area contributed by atoms with E-state index in [4.69, 9.17) is 0 Å². The van der Waals surface area contributed by atoms with E-state index in [9.17, 15) is 14.4 Å². The average molecular weight is 309 g/mol. The number of hydrogen-bond acceptors (Lipinski definition) is 3. The smallest absolute Gasteiger partial charge is 0.312 e. The number of nitrogens with zero attached hydrogens (tertiary/aromatic N) is 2. The van der Waals surface area contributed by atoms with Crippen molar-refractivity contribution < 1.29 is 14.4 Å². The molecule has 0 aromatic heterocycles. The van der Waals surface area contributed by atoms with Crippen molar-refractivity contribution in [1.29, 1.82) is 0 Å². The van der Waals surface area contributed by atoms with Gasteiger partial charge in [0.15, 0.2) is 0 Å². The van der Waals surface area contributed by atoms with Gasteiger partial charge in [-0.3, -0.25) is 14.4 Å². The molecule has 22 heavy (non-hydrogen) atoms. The Hall–Kier alpha value is -1.59. The number of carbonyl (C=O) groups is 3. The first-order chi connectivity index (χ1) is 10.5. The Morgan fingerprint density at radius 1 is 1.18 bits per heavy atom. The second kappa shape index (κ2) is 7.61. The molecule has 0 aliphatic carbocycles. The molecule has 3 amide bonds. The Bertz CT molecular complexity index is 428. The molecule has 6 heteroatoms. The van der Waals surface area contributed by atoms with Gasteiger partial charge in [0.05, 0.1) is 0 Å². The van der Waals surface area contributed by atoms with Crippen molar-refractivity contribution in [3.05, 3.63) is 0 Å². The summed E-state index contributed by atoms with van der Waals surface area (Å²) >= 11 is 0. The maximum atomic E-state index is 12.3. The third-order valence-electron chi connectivity index (χ3n) is 4.68. The van der Waals surface area contributed by atoms with Crippen LogP contribution in [0.4, 0.5) is 0 Å². The third kappa shape index (κ3) is 3.99. The van der Waals surface area contributed by atoms with Crippen molar-refractivity contribution in [2.75, 3.05) is 19.6 Å². The summed E-state index contributed by atoms with van der Waals surface area (Å²) in [4.78, 5) is 39.3. The Balaban J connectivity index is 1.72. The van der Waals surface area contributed by atoms with E-state index in [1.54, 1.807) is 4.90 Å². The number of likely N-dealkylation sites (tertiary alicyclic amines) is 2. The predicted molar refractivity (Wildman–Crippen MR) is 83.1 cm³/mol. The van der Waals surface area contributed by atoms with Crippen LogP contribution in [0.5, 0.6) is 0 Å². The number of rotatable bonds is 4. The zero-order chi connectivity index (χ0) is 16.1. The maximum Gasteiger partial charge on any atom is 0.312 e. The zero-order valence-corrected chi connectivity index (χ0v) is 13.6. The van der Waals surface area contributed by atoms with Crippen molar-refractivity contribution >= 4 is 17.7 Å². The minimum Gasteiger partial charge on any atom is -0.348 e. The number of nitrogens with one attached hydrogen (secondary N) is 1. The summed E-state index contributed by atoms with van der Waals surface area (Å²) in [5, 5.41) is 2.69. The fourth-order valence-electron chi connectivity index (χ4n) is 3.43. The normalized spacial score (nSPS) is 25.5. The number of amides is 3. The Morgan fingerprint density at radius 3 is 2.45 bits per heavy atom. The lowest BCUT2D eigenvalue weighted by Crippen LogP contribution is -2.53. The summed E-state index contributed by atoms with van der Waals surface area (Å²) in [6.07, 6.45) is 5.28. The summed E-state index contributed by atoms with van der Waals surface area (Å²) < 4.78 is 0. The molecule has 2 rings (SSSR count). The van der Waals surface area contributed by atoms with Crippen LogP contribution in [0.2, 0.25) is 0 Å². The minimum atomic E-state index is -0.520. The molecular weight excluding hydrogens is 282 g/mol. The first kappa shape index (κ1) is 16.8. The summed E-state index contributed by atoms with van der Waals surface area (Å²) in [5.41, 5.74) is 0. The maximum absolute atomic E-state index is 12.3. The van der Waals surface area contributed by atoms with Crippen LogP contribution in [0.3, 0.4) is 0 Å². The van der Waals surface area contributed by atoms with Crippen molar-refractivity contribution in [3.8, 4) is 0 Å². The topological polar surface area (TPSA) is 69.7 Å². The van der Waals surface area contributed by atoms with Gasteiger partial charge in [-0.1, -0.05) is 0 Å². The van der Waals surface area contributed by atoms with Crippen molar-refractivity contribution in [3.63, 3.8) is 0 Å². The molecule has 0 aromatic rings. The van der Waals surface area contributed by atoms with E-state index in [0.29, 0.717) is 25.9 Å². The molecule has 0 aromatic carbocycles. The predicted octanol–water partition coefficient (Wildman–Crippen LogP) is 0.905. The average Bonchev–Trinajstić information content (AvgIpc) is 2.88. The van der Waals surface area contributed by atoms with Crippen LogP contribution in [0.15, 0.2) is 0 Å². The molecule has 0 spiro atoms. The summed E-state index contributed by atoms with van der Waals surface area (Å²) in [6.45, 7) is 5.91. The Labute approximate surface area is 132 Å². The molecule has 0 bridgehead atoms. The zero-order valence-electron chi connectivity index (χ0n) is 13.6. The van der Waals surface area contributed by atoms with Crippen molar-refractivity contribution in [2.45, 2.75) is 64.5 Å². The molecule has 2 aliphatic rings. The van der Waals surface area contributed by atoms with Crippen molar-refractivity contribution in [2.24, 2.45) is 0 Å². The van der Waals surface area contributed by atoms with Gasteiger partial charge in [-0.15, -0.1) is 0 Å². The third-order valence-corrected chi connectivity index (χ3v) is 4.68. The summed E-state index contributed by atoms with van der Waals surface area (Å²) in [7, 11) is 0. The van der Waals surface area contributed by atoms with Gasteiger partial charge < -0.3 is 15.1 Å². The molecule has 124 valence electrons. The van der Waals surface area contributed by atoms with E-state index in [1.807, 2.05) is 18.7 Å². The second-order valence-corrected chi connectivity index (χ2v) is 6.44. The molecule has 6 nitrogen and oxygen atoms in total. The van der Waals surface area contributed by atoms with Crippen LogP contribution in [0.25, 0.3) is 0 Å². The lowest BCUT2D eigenvalue weighted by molar-refractivity contribution is -0.150. The van der Waals surface area contributed by atoms with Crippen LogP contribution < -0.4 is 5.32 Å². The minimum absolute atomic E-state index is 0.129. The van der Waals surface area contributed by atoms with Gasteiger partial charge in [0, 0.05) is 38.1 Å². The van der Waals surface area contributed by atoms with Gasteiger partial charge in [0.1, 0.15) is 0 Å². The van der Waals surface area contributed by atoms with E-state index < -0.39 is 11.8 Å². The van der Waals surface area contributed by atoms with Gasteiger partial charge in [0.2, 0.25) is 5.91 Å². The standard InChI is InChI=1S/C16H27N3O3/c1-12-6-3-7-13(2)19(12)16(22)15(21)17-9-5-11-18-10-4-8-14(18)20/h12-13H,3-11H2,1-2H3,(H,17,21). The van der Waals surface area contributed by atoms with Crippen LogP contribution in [0, 0.1) is 0 Å². The van der Waals surface area contributed by atoms with Gasteiger partial charge in [-0.05, 0) is 46.0 Å². The number of hydrogen-bond donors (Lipinski definition) is 1. The molecule has 2 fully saturated rings. The molecular formula is C16H27N3O3. The molecule has 1 N–H and O–H groups in total. The molecule has 2 atom stereocenters. The molecule has 2 heterocycles. The van der Waals surface area contributed by atoms with Gasteiger partial charge in [-0.25, -0.2) is 0 Å². The molecule has 0 saturated carbocycles. The lowest BCUT2D eigenvalue weighted by atomic mass is 9.97. The number of carbonyl (C=O) groups excluding carboxylic acids is 3. The fourth-order valence-corrected chi connectivity index (χ4v) is 3.43. The highest BCUT2D eigenvalue weighted by molar-refractivity contribution is 6.35. The molecule has 2 aliphatic heterocycles. The lowest BCUT2D eigenvalue weighted by Gasteiger charge is -2.38. The van der Waals surface area contributed by atoms with Gasteiger partial charge in [-0.2, -0.15) is 0 Å². The Morgan fingerprint density at radius 2 is 1.86 bits per heavy atom. The molecule has 2 saturated heterocycles. The first-order valence-electron chi connectivity index (χ1n) is 8.39. The quantitative estimate of drug-likeness (QED) is 0.620. The fraction of sp³-hybridized carbons (Fsp3) is 0.812. The van der Waals surface area contributed by atoms with E-state index in [1.165, 1.54) is 0 Å². The van der Waals surface area contributed by atoms with Gasteiger partial charge in [0.25, 0.3) is 0 Å².